The molecule has 0 bridgehead atoms. The van der Waals surface area contributed by atoms with E-state index in [-0.39, 0.29) is 11.6 Å². The highest BCUT2D eigenvalue weighted by Crippen LogP contribution is 2.44. The van der Waals surface area contributed by atoms with E-state index in [0.717, 1.165) is 19.2 Å². The Labute approximate surface area is 219 Å². The van der Waals surface area contributed by atoms with Gasteiger partial charge in [-0.15, -0.1) is 0 Å². The van der Waals surface area contributed by atoms with Gasteiger partial charge in [-0.2, -0.15) is 18.2 Å². The van der Waals surface area contributed by atoms with Gasteiger partial charge in [0.25, 0.3) is 0 Å². The van der Waals surface area contributed by atoms with E-state index in [0.29, 0.717) is 68.9 Å². The Bertz CT molecular complexity index is 1150. The third-order valence-electron chi connectivity index (χ3n) is 8.13. The van der Waals surface area contributed by atoms with Crippen molar-refractivity contribution in [2.24, 2.45) is 0 Å². The molecule has 1 aromatic heterocycles. The third-order valence-corrected chi connectivity index (χ3v) is 8.13. The molecule has 0 spiro atoms. The summed E-state index contributed by atoms with van der Waals surface area (Å²) in [5.74, 6) is 0.457. The molecule has 1 aliphatic carbocycles. The number of benzene rings is 1. The Morgan fingerprint density at radius 1 is 1.13 bits per heavy atom. The molecule has 0 unspecified atom stereocenters. The molecule has 2 aromatic rings. The highest BCUT2D eigenvalue weighted by atomic mass is 19.4. The smallest absolute Gasteiger partial charge is 0.367 e. The Morgan fingerprint density at radius 2 is 1.79 bits per heavy atom. The van der Waals surface area contributed by atoms with Crippen LogP contribution in [0.3, 0.4) is 0 Å². The van der Waals surface area contributed by atoms with Crippen LogP contribution in [0.25, 0.3) is 0 Å². The van der Waals surface area contributed by atoms with Crippen molar-refractivity contribution in [1.82, 2.24) is 19.9 Å². The summed E-state index contributed by atoms with van der Waals surface area (Å²) in [6, 6.07) is 3.82. The number of aromatic nitrogens is 2. The maximum atomic E-state index is 14.0. The van der Waals surface area contributed by atoms with E-state index in [1.165, 1.54) is 11.0 Å². The molecule has 0 radical (unpaired) electrons. The lowest BCUT2D eigenvalue weighted by Gasteiger charge is -2.40. The van der Waals surface area contributed by atoms with E-state index in [1.807, 2.05) is 11.8 Å². The van der Waals surface area contributed by atoms with Crippen LogP contribution in [-0.2, 0) is 11.6 Å². The number of hydrogen-bond donors (Lipinski definition) is 1. The molecule has 1 aromatic carbocycles. The summed E-state index contributed by atoms with van der Waals surface area (Å²) in [6.07, 6.45) is -4.15. The molecular weight excluding hydrogens is 504 g/mol. The molecule has 5 rings (SSSR count). The van der Waals surface area contributed by atoms with E-state index in [4.69, 9.17) is 4.52 Å². The summed E-state index contributed by atoms with van der Waals surface area (Å²) in [4.78, 5) is 23.4. The third kappa shape index (κ3) is 5.32. The average molecular weight is 539 g/mol. The fraction of sp³-hybridized carbons (Fsp3) is 0.654. The first kappa shape index (κ1) is 26.7. The Balaban J connectivity index is 1.29. The Morgan fingerprint density at radius 3 is 2.37 bits per heavy atom. The van der Waals surface area contributed by atoms with Crippen LogP contribution in [0, 0.1) is 0 Å². The molecule has 2 aliphatic heterocycles. The van der Waals surface area contributed by atoms with Gasteiger partial charge in [0, 0.05) is 50.7 Å². The average Bonchev–Trinajstić information content (AvgIpc) is 3.39. The maximum Gasteiger partial charge on any atom is 0.418 e. The first-order valence-electron chi connectivity index (χ1n) is 13.2. The van der Waals surface area contributed by atoms with Crippen LogP contribution in [-0.4, -0.2) is 77.5 Å². The molecule has 12 heteroatoms. The van der Waals surface area contributed by atoms with Crippen molar-refractivity contribution in [1.29, 1.82) is 0 Å². The van der Waals surface area contributed by atoms with Gasteiger partial charge in [-0.3, -0.25) is 4.90 Å². The van der Waals surface area contributed by atoms with Crippen LogP contribution in [0.15, 0.2) is 22.7 Å². The highest BCUT2D eigenvalue weighted by molar-refractivity contribution is 5.95. The standard InChI is InChI=1S/C26H34F4N6O2/c1-16(2)34-11-13-35(14-12-34)20-6-4-5-18(26(28,29)30)21(20)31-24(37)36-9-7-25(3,8-10-36)23-32-22(38-33-23)17-15-19(17)27/h4-6,16-17,19H,7-15H2,1-3H3,(H,31,37)/t17-,19+/m1/s1. The molecule has 8 nitrogen and oxygen atoms in total. The minimum atomic E-state index is -4.62. The van der Waals surface area contributed by atoms with Gasteiger partial charge in [0.15, 0.2) is 5.82 Å². The topological polar surface area (TPSA) is 77.7 Å². The molecule has 3 heterocycles. The van der Waals surface area contributed by atoms with Gasteiger partial charge in [0.2, 0.25) is 5.89 Å². The molecule has 1 saturated carbocycles. The van der Waals surface area contributed by atoms with E-state index in [1.54, 1.807) is 6.07 Å². The Kier molecular flexibility index (Phi) is 7.04. The van der Waals surface area contributed by atoms with Crippen molar-refractivity contribution >= 4 is 17.4 Å². The number of anilines is 2. The van der Waals surface area contributed by atoms with Gasteiger partial charge >= 0.3 is 12.2 Å². The van der Waals surface area contributed by atoms with Crippen LogP contribution in [0.2, 0.25) is 0 Å². The maximum absolute atomic E-state index is 14.0. The zero-order valence-corrected chi connectivity index (χ0v) is 21.9. The molecular formula is C26H34F4N6O2. The van der Waals surface area contributed by atoms with Crippen LogP contribution in [0.5, 0.6) is 0 Å². The number of halogens is 4. The second-order valence-electron chi connectivity index (χ2n) is 11.1. The second-order valence-corrected chi connectivity index (χ2v) is 11.1. The Hall–Kier alpha value is -2.89. The second kappa shape index (κ2) is 10.0. The lowest BCUT2D eigenvalue weighted by Crippen LogP contribution is -2.49. The van der Waals surface area contributed by atoms with E-state index < -0.39 is 29.4 Å². The first-order valence-corrected chi connectivity index (χ1v) is 13.2. The molecule has 2 amide bonds. The fourth-order valence-electron chi connectivity index (χ4n) is 5.31. The molecule has 2 saturated heterocycles. The number of nitrogens with one attached hydrogen (secondary N) is 1. The summed E-state index contributed by atoms with van der Waals surface area (Å²) in [5.41, 5.74) is -1.15. The molecule has 208 valence electrons. The molecule has 3 aliphatic rings. The van der Waals surface area contributed by atoms with Crippen molar-refractivity contribution < 1.29 is 26.9 Å². The summed E-state index contributed by atoms with van der Waals surface area (Å²) in [5, 5.41) is 6.66. The van der Waals surface area contributed by atoms with E-state index in [2.05, 4.69) is 34.2 Å². The summed E-state index contributed by atoms with van der Waals surface area (Å²) in [6.45, 7) is 9.40. The SMILES string of the molecule is CC(C)N1CCN(c2cccc(C(F)(F)F)c2NC(=O)N2CCC(C)(c3noc([C@@H]4C[C@@H]4F)n3)CC2)CC1. The zero-order chi connectivity index (χ0) is 27.2. The number of carbonyl (C=O) groups excluding carboxylic acids is 1. The van der Waals surface area contributed by atoms with Crippen molar-refractivity contribution in [3.63, 3.8) is 0 Å². The lowest BCUT2D eigenvalue weighted by molar-refractivity contribution is -0.136. The summed E-state index contributed by atoms with van der Waals surface area (Å²) < 4.78 is 60.6. The number of nitrogens with zero attached hydrogens (tertiary/aromatic N) is 5. The number of carbonyl (C=O) groups is 1. The number of urea groups is 1. The molecule has 38 heavy (non-hydrogen) atoms. The van der Waals surface area contributed by atoms with Gasteiger partial charge in [-0.25, -0.2) is 9.18 Å². The molecule has 2 atom stereocenters. The van der Waals surface area contributed by atoms with Gasteiger partial charge in [0.05, 0.1) is 22.9 Å². The first-order chi connectivity index (χ1) is 18.0. The predicted molar refractivity (Wildman–Crippen MR) is 134 cm³/mol. The number of piperidine rings is 1. The highest BCUT2D eigenvalue weighted by Gasteiger charge is 2.45. The number of hydrogen-bond acceptors (Lipinski definition) is 6. The number of rotatable bonds is 5. The molecule has 3 fully saturated rings. The van der Waals surface area contributed by atoms with E-state index in [9.17, 15) is 22.4 Å². The van der Waals surface area contributed by atoms with Crippen molar-refractivity contribution in [3.8, 4) is 0 Å². The van der Waals surface area contributed by atoms with Crippen LogP contribution in [0.1, 0.15) is 63.2 Å². The monoisotopic (exact) mass is 538 g/mol. The van der Waals surface area contributed by atoms with Crippen LogP contribution >= 0.6 is 0 Å². The van der Waals surface area contributed by atoms with Gasteiger partial charge in [-0.05, 0) is 45.2 Å². The number of alkyl halides is 4. The number of likely N-dealkylation sites (tertiary alicyclic amines) is 1. The largest absolute Gasteiger partial charge is 0.418 e. The van der Waals surface area contributed by atoms with Crippen molar-refractivity contribution in [2.45, 2.75) is 69.8 Å². The lowest BCUT2D eigenvalue weighted by atomic mass is 9.80. The minimum Gasteiger partial charge on any atom is -0.367 e. The van der Waals surface area contributed by atoms with Crippen LogP contribution < -0.4 is 10.2 Å². The van der Waals surface area contributed by atoms with E-state index >= 15 is 0 Å². The quantitative estimate of drug-likeness (QED) is 0.539. The summed E-state index contributed by atoms with van der Waals surface area (Å²) >= 11 is 0. The predicted octanol–water partition coefficient (Wildman–Crippen LogP) is 5.03. The number of amides is 2. The number of para-hydroxylation sites is 1. The van der Waals surface area contributed by atoms with Gasteiger partial charge in [-0.1, -0.05) is 18.1 Å². The number of piperazine rings is 1. The normalized spacial score (nSPS) is 24.1. The zero-order valence-electron chi connectivity index (χ0n) is 21.9. The molecule has 1 N–H and O–H groups in total. The van der Waals surface area contributed by atoms with Gasteiger partial charge < -0.3 is 19.6 Å². The fourth-order valence-corrected chi connectivity index (χ4v) is 5.31. The van der Waals surface area contributed by atoms with Crippen molar-refractivity contribution in [2.75, 3.05) is 49.5 Å². The van der Waals surface area contributed by atoms with Crippen LogP contribution in [0.4, 0.5) is 33.7 Å². The van der Waals surface area contributed by atoms with Crippen molar-refractivity contribution in [3.05, 3.63) is 35.5 Å². The minimum absolute atomic E-state index is 0.204. The summed E-state index contributed by atoms with van der Waals surface area (Å²) in [7, 11) is 0. The van der Waals surface area contributed by atoms with Gasteiger partial charge in [0.1, 0.15) is 6.17 Å².